The van der Waals surface area contributed by atoms with Gasteiger partial charge in [-0.25, -0.2) is 4.79 Å². The first-order valence-electron chi connectivity index (χ1n) is 15.7. The Morgan fingerprint density at radius 1 is 0.915 bits per heavy atom. The molecule has 0 bridgehead atoms. The van der Waals surface area contributed by atoms with Gasteiger partial charge in [-0.15, -0.1) is 0 Å². The van der Waals surface area contributed by atoms with E-state index in [9.17, 15) is 24.3 Å². The molecule has 0 aliphatic carbocycles. The predicted molar refractivity (Wildman–Crippen MR) is 178 cm³/mol. The average molecular weight is 644 g/mol. The zero-order valence-electron chi connectivity index (χ0n) is 25.9. The van der Waals surface area contributed by atoms with E-state index in [0.717, 1.165) is 32.9 Å². The molecular formula is C33H41N9O5. The van der Waals surface area contributed by atoms with Gasteiger partial charge in [0.2, 0.25) is 17.7 Å². The van der Waals surface area contributed by atoms with E-state index in [1.165, 1.54) is 4.90 Å². The molecule has 0 radical (unpaired) electrons. The highest BCUT2D eigenvalue weighted by molar-refractivity contribution is 5.95. The van der Waals surface area contributed by atoms with Gasteiger partial charge in [-0.05, 0) is 55.4 Å². The molecule has 4 atom stereocenters. The largest absolute Gasteiger partial charge is 0.480 e. The molecule has 14 heteroatoms. The van der Waals surface area contributed by atoms with E-state index in [-0.39, 0.29) is 31.3 Å². The van der Waals surface area contributed by atoms with Crippen LogP contribution in [0.5, 0.6) is 0 Å². The number of hydrogen-bond donors (Lipinski definition) is 8. The molecule has 5 rings (SSSR count). The molecule has 1 aliphatic rings. The number of guanidine groups is 1. The third kappa shape index (κ3) is 7.90. The van der Waals surface area contributed by atoms with Gasteiger partial charge in [-0.3, -0.25) is 19.4 Å². The first-order chi connectivity index (χ1) is 22.6. The lowest BCUT2D eigenvalue weighted by Crippen LogP contribution is -2.57. The van der Waals surface area contributed by atoms with Crippen molar-refractivity contribution in [3.05, 3.63) is 72.1 Å². The number of aliphatic imine (C=N–C) groups is 1. The first kappa shape index (κ1) is 33.0. The molecular weight excluding hydrogens is 602 g/mol. The molecule has 4 aromatic rings. The van der Waals surface area contributed by atoms with Gasteiger partial charge in [0.1, 0.15) is 18.1 Å². The molecule has 1 aliphatic heterocycles. The lowest BCUT2D eigenvalue weighted by molar-refractivity contribution is -0.143. The molecule has 0 spiro atoms. The number of para-hydroxylation sites is 2. The van der Waals surface area contributed by atoms with E-state index in [4.69, 9.17) is 17.2 Å². The summed E-state index contributed by atoms with van der Waals surface area (Å²) in [5.41, 5.74) is 20.6. The summed E-state index contributed by atoms with van der Waals surface area (Å²) in [6, 6.07) is 11.2. The van der Waals surface area contributed by atoms with Crippen molar-refractivity contribution in [2.45, 2.75) is 62.7 Å². The van der Waals surface area contributed by atoms with E-state index >= 15 is 0 Å². The first-order valence-corrected chi connectivity index (χ1v) is 15.7. The molecule has 0 saturated carbocycles. The van der Waals surface area contributed by atoms with Crippen molar-refractivity contribution in [1.29, 1.82) is 0 Å². The summed E-state index contributed by atoms with van der Waals surface area (Å²) in [6.45, 7) is 0.556. The van der Waals surface area contributed by atoms with Crippen molar-refractivity contribution in [1.82, 2.24) is 25.5 Å². The van der Waals surface area contributed by atoms with Gasteiger partial charge in [0.25, 0.3) is 0 Å². The van der Waals surface area contributed by atoms with Crippen molar-refractivity contribution in [2.24, 2.45) is 22.2 Å². The minimum Gasteiger partial charge on any atom is -0.480 e. The number of hydrogen-bond acceptors (Lipinski definition) is 6. The Bertz CT molecular complexity index is 1780. The van der Waals surface area contributed by atoms with Crippen LogP contribution >= 0.6 is 0 Å². The van der Waals surface area contributed by atoms with E-state index in [1.807, 2.05) is 54.7 Å². The predicted octanol–water partition coefficient (Wildman–Crippen LogP) is 0.861. The van der Waals surface area contributed by atoms with Gasteiger partial charge in [0.15, 0.2) is 5.96 Å². The molecule has 248 valence electrons. The second-order valence-electron chi connectivity index (χ2n) is 11.8. The molecule has 14 nitrogen and oxygen atoms in total. The molecule has 3 amide bonds. The van der Waals surface area contributed by atoms with Gasteiger partial charge < -0.3 is 47.8 Å². The van der Waals surface area contributed by atoms with Crippen molar-refractivity contribution >= 4 is 51.5 Å². The van der Waals surface area contributed by atoms with Crippen LogP contribution in [0.25, 0.3) is 21.8 Å². The number of aliphatic carboxylic acids is 1. The number of fused-ring (bicyclic) bond motifs is 2. The third-order valence-corrected chi connectivity index (χ3v) is 8.56. The second kappa shape index (κ2) is 14.8. The number of benzene rings is 2. The van der Waals surface area contributed by atoms with Crippen molar-refractivity contribution in [3.8, 4) is 0 Å². The van der Waals surface area contributed by atoms with Crippen LogP contribution in [0.1, 0.15) is 36.8 Å². The summed E-state index contributed by atoms with van der Waals surface area (Å²) in [4.78, 5) is 64.7. The maximum atomic E-state index is 13.8. The summed E-state index contributed by atoms with van der Waals surface area (Å²) < 4.78 is 0. The summed E-state index contributed by atoms with van der Waals surface area (Å²) in [6.07, 6.45) is 5.36. The number of amides is 3. The summed E-state index contributed by atoms with van der Waals surface area (Å²) in [5, 5.41) is 17.1. The Balaban J connectivity index is 1.31. The van der Waals surface area contributed by atoms with Gasteiger partial charge in [0.05, 0.1) is 6.04 Å². The number of H-pyrrole nitrogens is 2. The van der Waals surface area contributed by atoms with Crippen LogP contribution in [-0.2, 0) is 32.0 Å². The van der Waals surface area contributed by atoms with Gasteiger partial charge >= 0.3 is 5.97 Å². The van der Waals surface area contributed by atoms with Crippen LogP contribution < -0.4 is 27.8 Å². The standard InChI is InChI=1S/C33H41N9O5/c34-23(15-19-17-38-24-9-3-1-7-21(19)24)31(45)42-14-6-12-28(42)30(44)41-27(16-20-18-39-25-10-4-2-8-22(20)25)29(43)40-26(32(46)47)11-5-13-37-33(35)36/h1-4,7-10,17-18,23,26-28,38-39H,5-6,11-16,34H2,(H,40,43)(H,41,44)(H,46,47)(H4,35,36,37). The quantitative estimate of drug-likeness (QED) is 0.0556. The van der Waals surface area contributed by atoms with E-state index in [2.05, 4.69) is 25.6 Å². The lowest BCUT2D eigenvalue weighted by Gasteiger charge is -2.28. The number of nitrogens with one attached hydrogen (secondary N) is 4. The van der Waals surface area contributed by atoms with E-state index in [1.54, 1.807) is 6.20 Å². The highest BCUT2D eigenvalue weighted by atomic mass is 16.4. The van der Waals surface area contributed by atoms with E-state index in [0.29, 0.717) is 32.2 Å². The van der Waals surface area contributed by atoms with Crippen LogP contribution in [0.15, 0.2) is 65.9 Å². The smallest absolute Gasteiger partial charge is 0.326 e. The minimum absolute atomic E-state index is 0.0742. The molecule has 1 fully saturated rings. The zero-order chi connectivity index (χ0) is 33.5. The Morgan fingerprint density at radius 2 is 1.53 bits per heavy atom. The van der Waals surface area contributed by atoms with E-state index < -0.39 is 42.0 Å². The number of nitrogens with two attached hydrogens (primary N) is 3. The monoisotopic (exact) mass is 643 g/mol. The number of likely N-dealkylation sites (tertiary alicyclic amines) is 1. The molecule has 1 saturated heterocycles. The van der Waals surface area contributed by atoms with Gasteiger partial charge in [0, 0.05) is 53.7 Å². The summed E-state index contributed by atoms with van der Waals surface area (Å²) in [7, 11) is 0. The number of carbonyl (C=O) groups is 4. The average Bonchev–Trinajstić information content (AvgIpc) is 3.81. The second-order valence-corrected chi connectivity index (χ2v) is 11.8. The number of carbonyl (C=O) groups excluding carboxylic acids is 3. The topological polar surface area (TPSA) is 238 Å². The molecule has 3 heterocycles. The Kier molecular flexibility index (Phi) is 10.4. The maximum Gasteiger partial charge on any atom is 0.326 e. The Hall–Kier alpha value is -5.37. The van der Waals surface area contributed by atoms with Crippen molar-refractivity contribution < 1.29 is 24.3 Å². The van der Waals surface area contributed by atoms with Crippen molar-refractivity contribution in [3.63, 3.8) is 0 Å². The third-order valence-electron chi connectivity index (χ3n) is 8.56. The minimum atomic E-state index is -1.23. The Morgan fingerprint density at radius 3 is 2.15 bits per heavy atom. The molecule has 2 aromatic heterocycles. The number of nitrogens with zero attached hydrogens (tertiary/aromatic N) is 2. The van der Waals surface area contributed by atoms with Crippen LogP contribution in [0.2, 0.25) is 0 Å². The number of aromatic amines is 2. The number of aromatic nitrogens is 2. The molecule has 2 aromatic carbocycles. The van der Waals surface area contributed by atoms with Gasteiger partial charge in [-0.2, -0.15) is 0 Å². The highest BCUT2D eigenvalue weighted by Gasteiger charge is 2.38. The zero-order valence-corrected chi connectivity index (χ0v) is 25.9. The lowest BCUT2D eigenvalue weighted by atomic mass is 10.0. The Labute approximate surface area is 271 Å². The van der Waals surface area contributed by atoms with Crippen LogP contribution in [-0.4, -0.2) is 86.9 Å². The summed E-state index contributed by atoms with van der Waals surface area (Å²) in [5.74, 6) is -2.85. The fourth-order valence-electron chi connectivity index (χ4n) is 6.17. The van der Waals surface area contributed by atoms with Crippen LogP contribution in [0, 0.1) is 0 Å². The fourth-order valence-corrected chi connectivity index (χ4v) is 6.17. The fraction of sp³-hybridized carbons (Fsp3) is 0.364. The normalized spacial score (nSPS) is 16.4. The summed E-state index contributed by atoms with van der Waals surface area (Å²) >= 11 is 0. The van der Waals surface area contributed by atoms with Crippen molar-refractivity contribution in [2.75, 3.05) is 13.1 Å². The number of carboxylic acid groups (broad SMARTS) is 1. The van der Waals surface area contributed by atoms with Crippen LogP contribution in [0.4, 0.5) is 0 Å². The number of rotatable bonds is 14. The molecule has 11 N–H and O–H groups in total. The molecule has 4 unspecified atom stereocenters. The number of carboxylic acids is 1. The SMILES string of the molecule is NC(N)=NCCCC(NC(=O)C(Cc1c[nH]c2ccccc12)NC(=O)C1CCCN1C(=O)C(N)Cc1c[nH]c2ccccc12)C(=O)O. The molecule has 47 heavy (non-hydrogen) atoms. The van der Waals surface area contributed by atoms with Gasteiger partial charge in [-0.1, -0.05) is 36.4 Å². The van der Waals surface area contributed by atoms with Crippen LogP contribution in [0.3, 0.4) is 0 Å². The highest BCUT2D eigenvalue weighted by Crippen LogP contribution is 2.23. The maximum absolute atomic E-state index is 13.8.